The van der Waals surface area contributed by atoms with Gasteiger partial charge in [-0.1, -0.05) is 24.8 Å². The van der Waals surface area contributed by atoms with Crippen LogP contribution in [-0.2, 0) is 0 Å². The molecule has 18 heavy (non-hydrogen) atoms. The normalized spacial score (nSPS) is 23.6. The lowest BCUT2D eigenvalue weighted by Crippen LogP contribution is -2.38. The van der Waals surface area contributed by atoms with E-state index in [0.717, 1.165) is 36.5 Å². The number of nitrogens with one attached hydrogen (secondary N) is 1. The van der Waals surface area contributed by atoms with Gasteiger partial charge in [-0.3, -0.25) is 4.79 Å². The van der Waals surface area contributed by atoms with Gasteiger partial charge in [-0.25, -0.2) is 0 Å². The van der Waals surface area contributed by atoms with Crippen LogP contribution < -0.4 is 5.32 Å². The Morgan fingerprint density at radius 1 is 1.56 bits per heavy atom. The number of hydrogen-bond donors (Lipinski definition) is 2. The van der Waals surface area contributed by atoms with E-state index in [4.69, 9.17) is 0 Å². The summed E-state index contributed by atoms with van der Waals surface area (Å²) in [5, 5.41) is 16.3. The summed E-state index contributed by atoms with van der Waals surface area (Å²) in [5.74, 6) is 0.290. The third-order valence-corrected chi connectivity index (χ3v) is 4.22. The zero-order valence-electron chi connectivity index (χ0n) is 10.7. The van der Waals surface area contributed by atoms with Crippen molar-refractivity contribution in [3.63, 3.8) is 0 Å². The van der Waals surface area contributed by atoms with Crippen LogP contribution in [0.15, 0.2) is 0 Å². The second-order valence-corrected chi connectivity index (χ2v) is 5.85. The maximum atomic E-state index is 12.2. The van der Waals surface area contributed by atoms with Gasteiger partial charge in [0, 0.05) is 18.6 Å². The molecule has 1 heterocycles. The van der Waals surface area contributed by atoms with Crippen molar-refractivity contribution in [3.05, 3.63) is 10.6 Å². The number of aromatic nitrogens is 2. The zero-order chi connectivity index (χ0) is 13.1. The summed E-state index contributed by atoms with van der Waals surface area (Å²) in [7, 11) is 0. The van der Waals surface area contributed by atoms with Gasteiger partial charge in [0.25, 0.3) is 5.91 Å². The lowest BCUT2D eigenvalue weighted by Gasteiger charge is -2.18. The van der Waals surface area contributed by atoms with Gasteiger partial charge in [0.2, 0.25) is 0 Å². The molecule has 0 radical (unpaired) electrons. The predicted molar refractivity (Wildman–Crippen MR) is 69.7 cm³/mol. The Labute approximate surface area is 111 Å². The maximum absolute atomic E-state index is 12.2. The largest absolute Gasteiger partial charge is 0.396 e. The molecule has 6 heteroatoms. The van der Waals surface area contributed by atoms with Crippen molar-refractivity contribution in [3.8, 4) is 0 Å². The fourth-order valence-corrected chi connectivity index (χ4v) is 3.13. The molecule has 2 unspecified atom stereocenters. The number of rotatable bonds is 4. The maximum Gasteiger partial charge on any atom is 0.265 e. The van der Waals surface area contributed by atoms with Gasteiger partial charge in [-0.05, 0) is 30.3 Å². The quantitative estimate of drug-likeness (QED) is 0.869. The molecule has 1 aliphatic carbocycles. The van der Waals surface area contributed by atoms with Crippen LogP contribution in [0.4, 0.5) is 0 Å². The highest BCUT2D eigenvalue weighted by Crippen LogP contribution is 2.26. The van der Waals surface area contributed by atoms with Crippen LogP contribution in [0.2, 0.25) is 0 Å². The van der Waals surface area contributed by atoms with Gasteiger partial charge in [0.15, 0.2) is 0 Å². The first-order chi connectivity index (χ1) is 8.63. The van der Waals surface area contributed by atoms with E-state index >= 15 is 0 Å². The fraction of sp³-hybridized carbons (Fsp3) is 0.750. The molecule has 0 saturated heterocycles. The molecule has 1 saturated carbocycles. The highest BCUT2D eigenvalue weighted by atomic mass is 32.1. The van der Waals surface area contributed by atoms with Crippen molar-refractivity contribution in [1.29, 1.82) is 0 Å². The van der Waals surface area contributed by atoms with Crippen LogP contribution in [0.5, 0.6) is 0 Å². The summed E-state index contributed by atoms with van der Waals surface area (Å²) < 4.78 is 3.86. The third-order valence-electron chi connectivity index (χ3n) is 3.48. The standard InChI is InChI=1S/C12H19N3O2S/c1-7(2)10-11(18-15-14-10)12(17)13-9-5-3-4-8(9)6-16/h7-9,16H,3-6H2,1-2H3,(H,13,17). The van der Waals surface area contributed by atoms with Gasteiger partial charge in [-0.2, -0.15) is 0 Å². The van der Waals surface area contributed by atoms with E-state index < -0.39 is 0 Å². The Bertz CT molecular complexity index is 419. The van der Waals surface area contributed by atoms with Crippen molar-refractivity contribution < 1.29 is 9.90 Å². The second kappa shape index (κ2) is 5.75. The summed E-state index contributed by atoms with van der Waals surface area (Å²) in [6.07, 6.45) is 2.99. The van der Waals surface area contributed by atoms with E-state index in [-0.39, 0.29) is 30.4 Å². The molecule has 0 aliphatic heterocycles. The Balaban J connectivity index is 2.05. The van der Waals surface area contributed by atoms with Crippen molar-refractivity contribution in [2.24, 2.45) is 5.92 Å². The van der Waals surface area contributed by atoms with Crippen molar-refractivity contribution >= 4 is 17.4 Å². The SMILES string of the molecule is CC(C)c1nnsc1C(=O)NC1CCCC1CO. The average molecular weight is 269 g/mol. The molecule has 2 N–H and O–H groups in total. The topological polar surface area (TPSA) is 75.1 Å². The van der Waals surface area contributed by atoms with Crippen LogP contribution in [0.3, 0.4) is 0 Å². The van der Waals surface area contributed by atoms with Crippen molar-refractivity contribution in [1.82, 2.24) is 14.9 Å². The fourth-order valence-electron chi connectivity index (χ4n) is 2.41. The Morgan fingerprint density at radius 2 is 2.33 bits per heavy atom. The third kappa shape index (κ3) is 2.70. The molecule has 0 aromatic carbocycles. The summed E-state index contributed by atoms with van der Waals surface area (Å²) in [5.41, 5.74) is 0.760. The van der Waals surface area contributed by atoms with Gasteiger partial charge >= 0.3 is 0 Å². The van der Waals surface area contributed by atoms with Crippen molar-refractivity contribution in [2.45, 2.75) is 45.1 Å². The molecular weight excluding hydrogens is 250 g/mol. The van der Waals surface area contributed by atoms with Crippen LogP contribution in [-0.4, -0.2) is 33.2 Å². The van der Waals surface area contributed by atoms with E-state index in [1.54, 1.807) is 0 Å². The lowest BCUT2D eigenvalue weighted by atomic mass is 10.0. The second-order valence-electron chi connectivity index (χ2n) is 5.10. The molecule has 100 valence electrons. The van der Waals surface area contributed by atoms with E-state index in [0.29, 0.717) is 4.88 Å². The van der Waals surface area contributed by atoms with Gasteiger partial charge in [0.05, 0.1) is 5.69 Å². The molecule has 0 spiro atoms. The number of aliphatic hydroxyl groups is 1. The Morgan fingerprint density at radius 3 is 3.00 bits per heavy atom. The van der Waals surface area contributed by atoms with Crippen LogP contribution in [0, 0.1) is 5.92 Å². The lowest BCUT2D eigenvalue weighted by molar-refractivity contribution is 0.0918. The smallest absolute Gasteiger partial charge is 0.265 e. The molecule has 1 aliphatic rings. The highest BCUT2D eigenvalue weighted by Gasteiger charge is 2.29. The van der Waals surface area contributed by atoms with E-state index in [1.165, 1.54) is 0 Å². The molecule has 0 bridgehead atoms. The highest BCUT2D eigenvalue weighted by molar-refractivity contribution is 7.08. The Kier molecular flexibility index (Phi) is 4.29. The van der Waals surface area contributed by atoms with Gasteiger partial charge < -0.3 is 10.4 Å². The minimum atomic E-state index is -0.0981. The summed E-state index contributed by atoms with van der Waals surface area (Å²) in [6.45, 7) is 4.14. The minimum Gasteiger partial charge on any atom is -0.396 e. The first kappa shape index (κ1) is 13.4. The van der Waals surface area contributed by atoms with Crippen LogP contribution >= 0.6 is 11.5 Å². The van der Waals surface area contributed by atoms with Gasteiger partial charge in [0.1, 0.15) is 4.88 Å². The van der Waals surface area contributed by atoms with Crippen molar-refractivity contribution in [2.75, 3.05) is 6.61 Å². The first-order valence-corrected chi connectivity index (χ1v) is 7.14. The summed E-state index contributed by atoms with van der Waals surface area (Å²) in [6, 6.07) is 0.0876. The number of nitrogens with zero attached hydrogens (tertiary/aromatic N) is 2. The Hall–Kier alpha value is -1.01. The monoisotopic (exact) mass is 269 g/mol. The molecule has 1 aromatic rings. The molecule has 5 nitrogen and oxygen atoms in total. The summed E-state index contributed by atoms with van der Waals surface area (Å²) >= 11 is 1.14. The molecule has 1 aromatic heterocycles. The number of carbonyl (C=O) groups excluding carboxylic acids is 1. The van der Waals surface area contributed by atoms with E-state index in [2.05, 4.69) is 14.9 Å². The average Bonchev–Trinajstić information content (AvgIpc) is 2.96. The number of carbonyl (C=O) groups is 1. The molecule has 2 rings (SSSR count). The van der Waals surface area contributed by atoms with E-state index in [9.17, 15) is 9.90 Å². The number of amides is 1. The minimum absolute atomic E-state index is 0.0876. The molecule has 1 amide bonds. The van der Waals surface area contributed by atoms with Gasteiger partial charge in [-0.15, -0.1) is 5.10 Å². The van der Waals surface area contributed by atoms with Crippen LogP contribution in [0.25, 0.3) is 0 Å². The predicted octanol–water partition coefficient (Wildman–Crippen LogP) is 1.55. The summed E-state index contributed by atoms with van der Waals surface area (Å²) in [4.78, 5) is 12.8. The molecule has 1 fully saturated rings. The zero-order valence-corrected chi connectivity index (χ0v) is 11.5. The van der Waals surface area contributed by atoms with E-state index in [1.807, 2.05) is 13.8 Å². The first-order valence-electron chi connectivity index (χ1n) is 6.37. The molecule has 2 atom stereocenters. The number of hydrogen-bond acceptors (Lipinski definition) is 5. The van der Waals surface area contributed by atoms with Crippen LogP contribution in [0.1, 0.15) is 54.4 Å². The molecular formula is C12H19N3O2S. The number of aliphatic hydroxyl groups excluding tert-OH is 1.